The Bertz CT molecular complexity index is 498. The molecular formula is C17H26N2O3. The molecule has 0 bridgehead atoms. The molecule has 1 aliphatic rings. The number of rotatable bonds is 7. The summed E-state index contributed by atoms with van der Waals surface area (Å²) in [6.07, 6.45) is 2.56. The maximum Gasteiger partial charge on any atom is 0.315 e. The van der Waals surface area contributed by atoms with Gasteiger partial charge < -0.3 is 20.5 Å². The molecule has 122 valence electrons. The fraction of sp³-hybridized carbons (Fsp3) is 0.588. The largest absolute Gasteiger partial charge is 0.493 e. The van der Waals surface area contributed by atoms with Crippen LogP contribution < -0.4 is 15.4 Å². The highest BCUT2D eigenvalue weighted by Crippen LogP contribution is 2.30. The summed E-state index contributed by atoms with van der Waals surface area (Å²) in [5.74, 6) is 1.29. The molecule has 0 aromatic heterocycles. The number of carbonyl (C=O) groups excluding carboxylic acids is 1. The first kappa shape index (κ1) is 16.6. The first-order chi connectivity index (χ1) is 10.5. The van der Waals surface area contributed by atoms with Crippen molar-refractivity contribution in [2.24, 2.45) is 5.92 Å². The lowest BCUT2D eigenvalue weighted by Crippen LogP contribution is -2.49. The monoisotopic (exact) mass is 306 g/mol. The van der Waals surface area contributed by atoms with Crippen LogP contribution >= 0.6 is 0 Å². The van der Waals surface area contributed by atoms with E-state index in [-0.39, 0.29) is 6.03 Å². The number of hydrogen-bond acceptors (Lipinski definition) is 3. The number of benzene rings is 1. The maximum absolute atomic E-state index is 11.7. The van der Waals surface area contributed by atoms with E-state index in [2.05, 4.69) is 24.5 Å². The third kappa shape index (κ3) is 5.22. The number of urea groups is 1. The Balaban J connectivity index is 1.73. The smallest absolute Gasteiger partial charge is 0.315 e. The second-order valence-electron chi connectivity index (χ2n) is 6.47. The highest BCUT2D eigenvalue weighted by molar-refractivity contribution is 5.73. The van der Waals surface area contributed by atoms with Crippen LogP contribution in [0.15, 0.2) is 24.3 Å². The van der Waals surface area contributed by atoms with Gasteiger partial charge in [-0.25, -0.2) is 4.79 Å². The van der Waals surface area contributed by atoms with Crippen LogP contribution in [0.4, 0.5) is 4.79 Å². The van der Waals surface area contributed by atoms with Crippen molar-refractivity contribution in [1.29, 1.82) is 0 Å². The predicted octanol–water partition coefficient (Wildman–Crippen LogP) is 2.44. The van der Waals surface area contributed by atoms with Crippen molar-refractivity contribution in [2.45, 2.75) is 45.3 Å². The number of aliphatic hydroxyl groups is 1. The SMILES string of the molecule is CC(C)COc1cccc(CNC(=O)NCC2(O)CCC2)c1. The third-order valence-electron chi connectivity index (χ3n) is 3.80. The molecule has 5 heteroatoms. The van der Waals surface area contributed by atoms with E-state index in [9.17, 15) is 9.90 Å². The van der Waals surface area contributed by atoms with Crippen molar-refractivity contribution in [3.63, 3.8) is 0 Å². The molecule has 22 heavy (non-hydrogen) atoms. The van der Waals surface area contributed by atoms with Crippen LogP contribution in [-0.2, 0) is 6.54 Å². The van der Waals surface area contributed by atoms with Crippen molar-refractivity contribution in [3.8, 4) is 5.75 Å². The van der Waals surface area contributed by atoms with Crippen molar-refractivity contribution < 1.29 is 14.6 Å². The Hall–Kier alpha value is -1.75. The molecule has 2 amide bonds. The molecule has 1 aromatic carbocycles. The minimum Gasteiger partial charge on any atom is -0.493 e. The van der Waals surface area contributed by atoms with Gasteiger partial charge in [-0.05, 0) is 42.9 Å². The lowest BCUT2D eigenvalue weighted by Gasteiger charge is -2.36. The molecule has 1 aromatic rings. The summed E-state index contributed by atoms with van der Waals surface area (Å²) in [5, 5.41) is 15.4. The zero-order valence-electron chi connectivity index (χ0n) is 13.4. The summed E-state index contributed by atoms with van der Waals surface area (Å²) < 4.78 is 5.67. The van der Waals surface area contributed by atoms with Crippen LogP contribution in [0.5, 0.6) is 5.75 Å². The summed E-state index contributed by atoms with van der Waals surface area (Å²) in [6, 6.07) is 7.46. The summed E-state index contributed by atoms with van der Waals surface area (Å²) >= 11 is 0. The fourth-order valence-corrected chi connectivity index (χ4v) is 2.26. The lowest BCUT2D eigenvalue weighted by molar-refractivity contribution is -0.0290. The number of carbonyl (C=O) groups is 1. The Morgan fingerprint density at radius 2 is 2.14 bits per heavy atom. The number of amides is 2. The van der Waals surface area contributed by atoms with Gasteiger partial charge in [0.25, 0.3) is 0 Å². The maximum atomic E-state index is 11.7. The third-order valence-corrected chi connectivity index (χ3v) is 3.80. The molecule has 0 radical (unpaired) electrons. The molecule has 0 aliphatic heterocycles. The van der Waals surface area contributed by atoms with E-state index in [1.165, 1.54) is 0 Å². The molecule has 1 fully saturated rings. The minimum atomic E-state index is -0.693. The average molecular weight is 306 g/mol. The van der Waals surface area contributed by atoms with Crippen molar-refractivity contribution in [3.05, 3.63) is 29.8 Å². The molecule has 0 unspecified atom stereocenters. The first-order valence-corrected chi connectivity index (χ1v) is 7.93. The Morgan fingerprint density at radius 1 is 1.36 bits per heavy atom. The van der Waals surface area contributed by atoms with Gasteiger partial charge in [0.15, 0.2) is 0 Å². The van der Waals surface area contributed by atoms with Gasteiger partial charge >= 0.3 is 6.03 Å². The normalized spacial score (nSPS) is 16.0. The van der Waals surface area contributed by atoms with Crippen molar-refractivity contribution in [2.75, 3.05) is 13.2 Å². The average Bonchev–Trinajstić information content (AvgIpc) is 2.47. The molecule has 1 aliphatic carbocycles. The molecular weight excluding hydrogens is 280 g/mol. The highest BCUT2D eigenvalue weighted by atomic mass is 16.5. The molecule has 0 heterocycles. The summed E-state index contributed by atoms with van der Waals surface area (Å²) in [7, 11) is 0. The number of ether oxygens (including phenoxy) is 1. The van der Waals surface area contributed by atoms with Gasteiger partial charge in [0.1, 0.15) is 5.75 Å². The van der Waals surface area contributed by atoms with Crippen LogP contribution in [0, 0.1) is 5.92 Å². The highest BCUT2D eigenvalue weighted by Gasteiger charge is 2.34. The van der Waals surface area contributed by atoms with E-state index in [0.717, 1.165) is 30.6 Å². The predicted molar refractivity (Wildman–Crippen MR) is 85.8 cm³/mol. The van der Waals surface area contributed by atoms with Gasteiger partial charge in [0.05, 0.1) is 12.2 Å². The molecule has 0 atom stereocenters. The topological polar surface area (TPSA) is 70.6 Å². The minimum absolute atomic E-state index is 0.256. The molecule has 5 nitrogen and oxygen atoms in total. The van der Waals surface area contributed by atoms with E-state index < -0.39 is 5.60 Å². The van der Waals surface area contributed by atoms with Crippen molar-refractivity contribution >= 4 is 6.03 Å². The van der Waals surface area contributed by atoms with E-state index in [0.29, 0.717) is 25.6 Å². The fourth-order valence-electron chi connectivity index (χ4n) is 2.26. The second-order valence-corrected chi connectivity index (χ2v) is 6.47. The summed E-state index contributed by atoms with van der Waals surface area (Å²) in [5.41, 5.74) is 0.292. The number of hydrogen-bond donors (Lipinski definition) is 3. The number of nitrogens with one attached hydrogen (secondary N) is 2. The Labute approximate surface area is 132 Å². The van der Waals surface area contributed by atoms with E-state index in [1.54, 1.807) is 0 Å². The first-order valence-electron chi connectivity index (χ1n) is 7.93. The van der Waals surface area contributed by atoms with Crippen molar-refractivity contribution in [1.82, 2.24) is 10.6 Å². The lowest BCUT2D eigenvalue weighted by atomic mass is 9.80. The standard InChI is InChI=1S/C17H26N2O3/c1-13(2)11-22-15-6-3-5-14(9-15)10-18-16(20)19-12-17(21)7-4-8-17/h3,5-6,9,13,21H,4,7-8,10-12H2,1-2H3,(H2,18,19,20). The quantitative estimate of drug-likeness (QED) is 0.724. The van der Waals surface area contributed by atoms with Gasteiger partial charge in [-0.2, -0.15) is 0 Å². The van der Waals surface area contributed by atoms with Crippen LogP contribution in [0.25, 0.3) is 0 Å². The molecule has 1 saturated carbocycles. The molecule has 0 spiro atoms. The van der Waals surface area contributed by atoms with Crippen LogP contribution in [0.3, 0.4) is 0 Å². The molecule has 0 saturated heterocycles. The van der Waals surface area contributed by atoms with Crippen LogP contribution in [0.1, 0.15) is 38.7 Å². The van der Waals surface area contributed by atoms with Gasteiger partial charge in [0, 0.05) is 13.1 Å². The zero-order valence-corrected chi connectivity index (χ0v) is 13.4. The molecule has 2 rings (SSSR count). The van der Waals surface area contributed by atoms with Gasteiger partial charge in [-0.3, -0.25) is 0 Å². The Morgan fingerprint density at radius 3 is 2.77 bits per heavy atom. The van der Waals surface area contributed by atoms with E-state index in [1.807, 2.05) is 24.3 Å². The molecule has 3 N–H and O–H groups in total. The van der Waals surface area contributed by atoms with E-state index >= 15 is 0 Å². The van der Waals surface area contributed by atoms with Crippen LogP contribution in [-0.4, -0.2) is 29.9 Å². The Kier molecular flexibility index (Phi) is 5.66. The zero-order chi connectivity index (χ0) is 16.0. The van der Waals surface area contributed by atoms with Crippen LogP contribution in [0.2, 0.25) is 0 Å². The van der Waals surface area contributed by atoms with E-state index in [4.69, 9.17) is 4.74 Å². The van der Waals surface area contributed by atoms with Gasteiger partial charge in [-0.1, -0.05) is 26.0 Å². The van der Waals surface area contributed by atoms with Gasteiger partial charge in [-0.15, -0.1) is 0 Å². The summed E-state index contributed by atoms with van der Waals surface area (Å²) in [6.45, 7) is 5.63. The van der Waals surface area contributed by atoms with Gasteiger partial charge in [0.2, 0.25) is 0 Å². The summed E-state index contributed by atoms with van der Waals surface area (Å²) in [4.78, 5) is 11.7. The second kappa shape index (κ2) is 7.49.